The number of hydrogen-bond donors (Lipinski definition) is 6. The van der Waals surface area contributed by atoms with Gasteiger partial charge in [-0.3, -0.25) is 57.2 Å². The van der Waals surface area contributed by atoms with Crippen LogP contribution in [0.4, 0.5) is 0 Å². The van der Waals surface area contributed by atoms with E-state index in [1.165, 1.54) is 34.2 Å². The van der Waals surface area contributed by atoms with Crippen molar-refractivity contribution in [3.8, 4) is 68.3 Å². The van der Waals surface area contributed by atoms with Crippen LogP contribution < -0.4 is 60.3 Å². The molecule has 6 N–H and O–H groups in total. The SMILES string of the molecule is CCCn1nc(C(=O)N[C@H](CC(=O)NCC(=O)OC)CC(C)C)cc1-c1c(OC)cccc1OC.COC(=O)CNC(=O)C[C@H](CC(C)C)NC(=O)c1cc(-c2c(OC)cccc2OC)n(CC2C(C)C2C)n1.COC(=O)CNC(=O)C[C@H](CC(C)C)NC(=O)c1cc(-c2c(OC)cccc2OC)n(CCC2CC2)n1. The molecule has 5 atom stereocenters. The molecule has 3 heterocycles. The first kappa shape index (κ1) is 88.2. The van der Waals surface area contributed by atoms with Crippen LogP contribution in [0.5, 0.6) is 34.5 Å². The van der Waals surface area contributed by atoms with Gasteiger partial charge < -0.3 is 74.5 Å². The van der Waals surface area contributed by atoms with Crippen LogP contribution >= 0.6 is 0 Å². The number of nitrogens with one attached hydrogen (secondary N) is 6. The third-order valence-electron chi connectivity index (χ3n) is 18.9. The molecule has 110 heavy (non-hydrogen) atoms. The van der Waals surface area contributed by atoms with E-state index in [9.17, 15) is 43.2 Å². The minimum Gasteiger partial charge on any atom is -0.496 e. The smallest absolute Gasteiger partial charge is 0.325 e. The van der Waals surface area contributed by atoms with Crippen molar-refractivity contribution in [1.82, 2.24) is 61.2 Å². The lowest BCUT2D eigenvalue weighted by Crippen LogP contribution is -2.41. The van der Waals surface area contributed by atoms with Crippen LogP contribution in [0.1, 0.15) is 158 Å². The molecule has 30 heteroatoms. The fraction of sp³-hybridized carbons (Fsp3) is 0.550. The van der Waals surface area contributed by atoms with Gasteiger partial charge in [-0.15, -0.1) is 0 Å². The molecule has 2 aliphatic rings. The summed E-state index contributed by atoms with van der Waals surface area (Å²) in [6.07, 6.45) is 6.09. The van der Waals surface area contributed by atoms with E-state index in [4.69, 9.17) is 33.5 Å². The fourth-order valence-corrected chi connectivity index (χ4v) is 12.9. The van der Waals surface area contributed by atoms with E-state index in [0.717, 1.165) is 35.4 Å². The number of nitrogens with zero attached hydrogens (tertiary/aromatic N) is 6. The van der Waals surface area contributed by atoms with Gasteiger partial charge in [0.15, 0.2) is 17.1 Å². The van der Waals surface area contributed by atoms with Crippen molar-refractivity contribution in [3.05, 3.63) is 89.9 Å². The molecule has 0 radical (unpaired) electrons. The highest BCUT2D eigenvalue weighted by Crippen LogP contribution is 2.48. The van der Waals surface area contributed by atoms with Gasteiger partial charge in [0.05, 0.1) is 97.8 Å². The summed E-state index contributed by atoms with van der Waals surface area (Å²) in [4.78, 5) is 111. The Labute approximate surface area is 645 Å². The number of hydrogen-bond acceptors (Lipinski definition) is 21. The molecule has 0 saturated heterocycles. The Hall–Kier alpha value is -10.7. The molecule has 6 amide bonds. The number of benzene rings is 3. The molecule has 3 aromatic heterocycles. The molecule has 2 saturated carbocycles. The topological polar surface area (TPSA) is 362 Å². The van der Waals surface area contributed by atoms with Crippen LogP contribution in [0, 0.1) is 41.4 Å². The van der Waals surface area contributed by atoms with E-state index in [0.29, 0.717) is 108 Å². The number of ether oxygens (including phenoxy) is 9. The molecule has 3 aromatic carbocycles. The van der Waals surface area contributed by atoms with Crippen molar-refractivity contribution >= 4 is 53.4 Å². The fourth-order valence-electron chi connectivity index (χ4n) is 12.9. The molecule has 0 bridgehead atoms. The summed E-state index contributed by atoms with van der Waals surface area (Å²) >= 11 is 0. The number of carbonyl (C=O) groups excluding carboxylic acids is 9. The third-order valence-corrected chi connectivity index (χ3v) is 18.9. The molecular weight excluding hydrogens is 1420 g/mol. The van der Waals surface area contributed by atoms with E-state index in [1.807, 2.05) is 112 Å². The van der Waals surface area contributed by atoms with Gasteiger partial charge in [-0.2, -0.15) is 15.3 Å². The Morgan fingerprint density at radius 1 is 0.427 bits per heavy atom. The maximum Gasteiger partial charge on any atom is 0.325 e. The second-order valence-electron chi connectivity index (χ2n) is 28.7. The van der Waals surface area contributed by atoms with Crippen molar-refractivity contribution in [2.24, 2.45) is 41.4 Å². The molecule has 8 rings (SSSR count). The third kappa shape index (κ3) is 26.3. The van der Waals surface area contributed by atoms with Crippen molar-refractivity contribution in [2.45, 2.75) is 164 Å². The van der Waals surface area contributed by atoms with E-state index in [2.05, 4.69) is 70.2 Å². The van der Waals surface area contributed by atoms with Gasteiger partial charge in [-0.1, -0.05) is 93.4 Å². The first-order valence-corrected chi connectivity index (χ1v) is 37.4. The summed E-state index contributed by atoms with van der Waals surface area (Å²) in [5.74, 6) is 2.92. The number of methoxy groups -OCH3 is 9. The number of esters is 3. The lowest BCUT2D eigenvalue weighted by Gasteiger charge is -2.19. The minimum absolute atomic E-state index is 0.0315. The molecule has 2 fully saturated rings. The van der Waals surface area contributed by atoms with Gasteiger partial charge in [0.25, 0.3) is 17.7 Å². The lowest BCUT2D eigenvalue weighted by atomic mass is 10.0. The highest BCUT2D eigenvalue weighted by Gasteiger charge is 2.44. The van der Waals surface area contributed by atoms with E-state index in [1.54, 1.807) is 65.5 Å². The lowest BCUT2D eigenvalue weighted by molar-refractivity contribution is -0.141. The largest absolute Gasteiger partial charge is 0.496 e. The number of amides is 6. The number of aromatic nitrogens is 6. The summed E-state index contributed by atoms with van der Waals surface area (Å²) in [5.41, 5.74) is 5.05. The van der Waals surface area contributed by atoms with Gasteiger partial charge in [-0.25, -0.2) is 0 Å². The van der Waals surface area contributed by atoms with Crippen molar-refractivity contribution in [1.29, 1.82) is 0 Å². The van der Waals surface area contributed by atoms with Crippen LogP contribution in [0.25, 0.3) is 33.8 Å². The highest BCUT2D eigenvalue weighted by atomic mass is 16.5. The van der Waals surface area contributed by atoms with Crippen LogP contribution in [-0.4, -0.2) is 184 Å². The summed E-state index contributed by atoms with van der Waals surface area (Å²) in [6, 6.07) is 20.5. The van der Waals surface area contributed by atoms with Crippen LogP contribution in [0.3, 0.4) is 0 Å². The zero-order valence-corrected chi connectivity index (χ0v) is 67.0. The average molecular weight is 1530 g/mol. The summed E-state index contributed by atoms with van der Waals surface area (Å²) in [6.45, 7) is 19.8. The van der Waals surface area contributed by atoms with Gasteiger partial charge in [0.2, 0.25) is 17.7 Å². The summed E-state index contributed by atoms with van der Waals surface area (Å²) in [7, 11) is 13.3. The first-order valence-electron chi connectivity index (χ1n) is 37.4. The van der Waals surface area contributed by atoms with E-state index >= 15 is 0 Å². The van der Waals surface area contributed by atoms with Gasteiger partial charge in [0, 0.05) is 57.0 Å². The number of aryl methyl sites for hydroxylation is 2. The maximum absolute atomic E-state index is 13.4. The van der Waals surface area contributed by atoms with Crippen LogP contribution in [0.15, 0.2) is 72.8 Å². The predicted molar refractivity (Wildman–Crippen MR) is 413 cm³/mol. The summed E-state index contributed by atoms with van der Waals surface area (Å²) < 4.78 is 52.7. The predicted octanol–water partition coefficient (Wildman–Crippen LogP) is 9.29. The molecule has 0 spiro atoms. The Bertz CT molecular complexity index is 3990. The van der Waals surface area contributed by atoms with Crippen molar-refractivity contribution in [3.63, 3.8) is 0 Å². The molecule has 2 aliphatic carbocycles. The Balaban J connectivity index is 0.000000258. The second-order valence-corrected chi connectivity index (χ2v) is 28.7. The quantitative estimate of drug-likeness (QED) is 0.0154. The molecular formula is C80H114N12O18. The second kappa shape index (κ2) is 43.5. The van der Waals surface area contributed by atoms with Gasteiger partial charge >= 0.3 is 17.9 Å². The van der Waals surface area contributed by atoms with Crippen molar-refractivity contribution < 1.29 is 85.8 Å². The summed E-state index contributed by atoms with van der Waals surface area (Å²) in [5, 5.41) is 30.4. The number of rotatable bonds is 40. The van der Waals surface area contributed by atoms with Crippen molar-refractivity contribution in [2.75, 3.05) is 83.6 Å². The van der Waals surface area contributed by atoms with Crippen LogP contribution in [0.2, 0.25) is 0 Å². The minimum atomic E-state index is -0.538. The Morgan fingerprint density at radius 2 is 0.709 bits per heavy atom. The molecule has 30 nitrogen and oxygen atoms in total. The number of carbonyl (C=O) groups is 9. The zero-order chi connectivity index (χ0) is 80.9. The average Bonchev–Trinajstić information content (AvgIpc) is 1.61. The van der Waals surface area contributed by atoms with Gasteiger partial charge in [-0.05, 0) is 128 Å². The van der Waals surface area contributed by atoms with Crippen LogP contribution in [-0.2, 0) is 62.6 Å². The normalized spacial score (nSPS) is 14.9. The molecule has 0 aliphatic heterocycles. The maximum atomic E-state index is 13.4. The molecule has 6 aromatic rings. The Kier molecular flexibility index (Phi) is 34.9. The Morgan fingerprint density at radius 3 is 0.964 bits per heavy atom. The molecule has 602 valence electrons. The highest BCUT2D eigenvalue weighted by molar-refractivity contribution is 5.97. The first-order chi connectivity index (χ1) is 52.6. The monoisotopic (exact) mass is 1530 g/mol. The van der Waals surface area contributed by atoms with E-state index in [-0.39, 0.29) is 109 Å². The standard InChI is InChI=1S/C28H40N4O6.C27H38N4O6.C25H36N4O6/c1-16(2)11-19(12-25(33)29-14-26(34)38-7)30-28(35)21-13-22(32(31-21)15-20-17(3)18(20)4)27-23(36-5)9-8-10-24(27)37-6;1-17(2)13-19(14-24(32)28-16-25(33)37-5)29-27(34)20-15-21(31(30-20)12-11-18-9-10-18)26-22(35-3)7-6-8-23(26)36-4;1-7-11-29-19(24-20(33-4)9-8-10-21(24)34-5)14-18(28-29)25(32)27-17(12-16(2)3)13-22(30)26-15-23(31)35-6/h8-10,13,16-20H,11-12,14-15H2,1-7H3,(H,29,33)(H,30,35);6-8,15,17-19H,9-14,16H2,1-5H3,(H,28,32)(H,29,34);8-10,14,16-17H,7,11-13,15H2,1-6H3,(H,26,30)(H,27,32)/t17?,18?,19-,20?;19-;17-/m000/s1. The van der Waals surface area contributed by atoms with E-state index < -0.39 is 36.0 Å². The zero-order valence-electron chi connectivity index (χ0n) is 67.0. The van der Waals surface area contributed by atoms with Gasteiger partial charge in [0.1, 0.15) is 54.1 Å². The molecule has 2 unspecified atom stereocenters.